The molecule has 1 fully saturated rings. The van der Waals surface area contributed by atoms with Crippen LogP contribution in [0, 0.1) is 19.8 Å². The Hall–Kier alpha value is -2.30. The van der Waals surface area contributed by atoms with E-state index in [0.29, 0.717) is 5.92 Å². The number of aryl methyl sites for hydroxylation is 2. The topological polar surface area (TPSA) is 44.3 Å². The molecule has 0 amide bonds. The number of nitrogens with one attached hydrogen (secondary N) is 1. The van der Waals surface area contributed by atoms with Crippen LogP contribution in [0.5, 0.6) is 0 Å². The summed E-state index contributed by atoms with van der Waals surface area (Å²) in [7, 11) is 0. The molecule has 1 aromatic heterocycles. The third-order valence-electron chi connectivity index (χ3n) is 4.80. The third-order valence-corrected chi connectivity index (χ3v) is 4.80. The maximum absolute atomic E-state index is 4.75. The highest BCUT2D eigenvalue weighted by atomic mass is 15.3. The normalized spacial score (nSPS) is 14.8. The molecule has 0 radical (unpaired) electrons. The lowest BCUT2D eigenvalue weighted by Gasteiger charge is -2.36. The fraction of sp³-hybridized carbons (Fsp3) is 0.524. The minimum atomic E-state index is 0.694. The van der Waals surface area contributed by atoms with E-state index in [2.05, 4.69) is 65.1 Å². The van der Waals surface area contributed by atoms with Crippen LogP contribution in [0.1, 0.15) is 31.5 Å². The second-order valence-electron chi connectivity index (χ2n) is 7.62. The molecular formula is C21H31N5. The smallest absolute Gasteiger partial charge is 0.227 e. The summed E-state index contributed by atoms with van der Waals surface area (Å²) in [6.07, 6.45) is 1.15. The standard InChI is InChI=1S/C21H31N5/c1-16(2)8-9-22-20-15-18(4)23-21(24-20)26-12-10-25(11-13-26)19-7-5-6-17(3)14-19/h5-7,14-16H,8-13H2,1-4H3,(H,22,23,24). The van der Waals surface area contributed by atoms with Crippen LogP contribution >= 0.6 is 0 Å². The average molecular weight is 354 g/mol. The minimum absolute atomic E-state index is 0.694. The molecule has 0 aliphatic carbocycles. The first-order valence-corrected chi connectivity index (χ1v) is 9.67. The summed E-state index contributed by atoms with van der Waals surface area (Å²) in [5, 5.41) is 3.45. The zero-order chi connectivity index (χ0) is 18.5. The quantitative estimate of drug-likeness (QED) is 0.854. The van der Waals surface area contributed by atoms with E-state index in [-0.39, 0.29) is 0 Å². The Kier molecular flexibility index (Phi) is 5.96. The average Bonchev–Trinajstić information content (AvgIpc) is 2.61. The van der Waals surface area contributed by atoms with E-state index in [1.807, 2.05) is 13.0 Å². The molecule has 2 aromatic rings. The first-order chi connectivity index (χ1) is 12.5. The lowest BCUT2D eigenvalue weighted by atomic mass is 10.1. The van der Waals surface area contributed by atoms with Crippen LogP contribution in [-0.2, 0) is 0 Å². The van der Waals surface area contributed by atoms with Gasteiger partial charge in [0, 0.05) is 50.2 Å². The van der Waals surface area contributed by atoms with Gasteiger partial charge in [-0.2, -0.15) is 4.98 Å². The van der Waals surface area contributed by atoms with Crippen LogP contribution in [0.25, 0.3) is 0 Å². The summed E-state index contributed by atoms with van der Waals surface area (Å²) >= 11 is 0. The zero-order valence-electron chi connectivity index (χ0n) is 16.5. The molecule has 26 heavy (non-hydrogen) atoms. The van der Waals surface area contributed by atoms with Crippen molar-refractivity contribution in [2.45, 2.75) is 34.1 Å². The number of rotatable bonds is 6. The van der Waals surface area contributed by atoms with Crippen LogP contribution in [0.15, 0.2) is 30.3 Å². The molecule has 1 aliphatic rings. The molecule has 1 saturated heterocycles. The van der Waals surface area contributed by atoms with Crippen molar-refractivity contribution in [3.8, 4) is 0 Å². The summed E-state index contributed by atoms with van der Waals surface area (Å²) in [5.41, 5.74) is 3.64. The third kappa shape index (κ3) is 4.87. The highest BCUT2D eigenvalue weighted by Gasteiger charge is 2.20. The van der Waals surface area contributed by atoms with E-state index >= 15 is 0 Å². The maximum atomic E-state index is 4.75. The number of nitrogens with zero attached hydrogens (tertiary/aromatic N) is 4. The van der Waals surface area contributed by atoms with Gasteiger partial charge in [-0.05, 0) is 43.9 Å². The van der Waals surface area contributed by atoms with Gasteiger partial charge in [-0.1, -0.05) is 26.0 Å². The van der Waals surface area contributed by atoms with Crippen molar-refractivity contribution < 1.29 is 0 Å². The predicted octanol–water partition coefficient (Wildman–Crippen LogP) is 3.88. The van der Waals surface area contributed by atoms with Crippen LogP contribution in [-0.4, -0.2) is 42.7 Å². The molecule has 5 nitrogen and oxygen atoms in total. The van der Waals surface area contributed by atoms with Crippen LogP contribution in [0.3, 0.4) is 0 Å². The van der Waals surface area contributed by atoms with Crippen molar-refractivity contribution in [1.29, 1.82) is 0 Å². The van der Waals surface area contributed by atoms with Crippen molar-refractivity contribution in [3.63, 3.8) is 0 Å². The molecule has 0 saturated carbocycles. The van der Waals surface area contributed by atoms with Gasteiger partial charge in [0.2, 0.25) is 5.95 Å². The second kappa shape index (κ2) is 8.39. The van der Waals surface area contributed by atoms with Crippen molar-refractivity contribution in [2.24, 2.45) is 5.92 Å². The van der Waals surface area contributed by atoms with Gasteiger partial charge < -0.3 is 15.1 Å². The van der Waals surface area contributed by atoms with Gasteiger partial charge in [-0.3, -0.25) is 0 Å². The SMILES string of the molecule is Cc1cccc(N2CCN(c3nc(C)cc(NCCC(C)C)n3)CC2)c1. The first-order valence-electron chi connectivity index (χ1n) is 9.67. The Morgan fingerprint density at radius 3 is 2.42 bits per heavy atom. The van der Waals surface area contributed by atoms with Crippen molar-refractivity contribution in [3.05, 3.63) is 41.6 Å². The Morgan fingerprint density at radius 1 is 1.00 bits per heavy atom. The molecule has 2 heterocycles. The van der Waals surface area contributed by atoms with Gasteiger partial charge in [-0.25, -0.2) is 4.98 Å². The summed E-state index contributed by atoms with van der Waals surface area (Å²) in [4.78, 5) is 14.2. The summed E-state index contributed by atoms with van der Waals surface area (Å²) < 4.78 is 0. The largest absolute Gasteiger partial charge is 0.370 e. The minimum Gasteiger partial charge on any atom is -0.370 e. The van der Waals surface area contributed by atoms with Gasteiger partial charge >= 0.3 is 0 Å². The van der Waals surface area contributed by atoms with Gasteiger partial charge in [0.05, 0.1) is 0 Å². The maximum Gasteiger partial charge on any atom is 0.227 e. The molecule has 1 aromatic carbocycles. The molecule has 0 atom stereocenters. The molecule has 0 bridgehead atoms. The van der Waals surface area contributed by atoms with Crippen LogP contribution < -0.4 is 15.1 Å². The lowest BCUT2D eigenvalue weighted by molar-refractivity contribution is 0.606. The number of hydrogen-bond donors (Lipinski definition) is 1. The predicted molar refractivity (Wildman–Crippen MR) is 110 cm³/mol. The fourth-order valence-electron chi connectivity index (χ4n) is 3.26. The highest BCUT2D eigenvalue weighted by molar-refractivity contribution is 5.51. The molecule has 140 valence electrons. The van der Waals surface area contributed by atoms with Gasteiger partial charge in [0.15, 0.2) is 0 Å². The van der Waals surface area contributed by atoms with Gasteiger partial charge in [-0.15, -0.1) is 0 Å². The number of aromatic nitrogens is 2. The Balaban J connectivity index is 1.62. The molecule has 0 spiro atoms. The van der Waals surface area contributed by atoms with Crippen LogP contribution in [0.2, 0.25) is 0 Å². The Morgan fingerprint density at radius 2 is 1.73 bits per heavy atom. The van der Waals surface area contributed by atoms with Crippen molar-refractivity contribution >= 4 is 17.5 Å². The first kappa shape index (κ1) is 18.5. The summed E-state index contributed by atoms with van der Waals surface area (Å²) in [6, 6.07) is 10.8. The number of anilines is 3. The zero-order valence-corrected chi connectivity index (χ0v) is 16.5. The molecular weight excluding hydrogens is 322 g/mol. The summed E-state index contributed by atoms with van der Waals surface area (Å²) in [6.45, 7) is 13.5. The molecule has 1 N–H and O–H groups in total. The van der Waals surface area contributed by atoms with E-state index in [1.54, 1.807) is 0 Å². The van der Waals surface area contributed by atoms with E-state index in [4.69, 9.17) is 4.98 Å². The Labute approximate surface area is 157 Å². The Bertz CT molecular complexity index is 720. The van der Waals surface area contributed by atoms with E-state index in [1.165, 1.54) is 11.3 Å². The molecule has 5 heteroatoms. The van der Waals surface area contributed by atoms with E-state index < -0.39 is 0 Å². The molecule has 0 unspecified atom stereocenters. The number of hydrogen-bond acceptors (Lipinski definition) is 5. The number of benzene rings is 1. The molecule has 1 aliphatic heterocycles. The van der Waals surface area contributed by atoms with Crippen molar-refractivity contribution in [2.75, 3.05) is 47.8 Å². The van der Waals surface area contributed by atoms with E-state index in [9.17, 15) is 0 Å². The summed E-state index contributed by atoms with van der Waals surface area (Å²) in [5.74, 6) is 2.48. The highest BCUT2D eigenvalue weighted by Crippen LogP contribution is 2.20. The van der Waals surface area contributed by atoms with Gasteiger partial charge in [0.1, 0.15) is 5.82 Å². The van der Waals surface area contributed by atoms with Crippen molar-refractivity contribution in [1.82, 2.24) is 9.97 Å². The lowest BCUT2D eigenvalue weighted by Crippen LogP contribution is -2.47. The van der Waals surface area contributed by atoms with E-state index in [0.717, 1.165) is 56.6 Å². The fourth-order valence-corrected chi connectivity index (χ4v) is 3.26. The molecule has 3 rings (SSSR count). The van der Waals surface area contributed by atoms with Gasteiger partial charge in [0.25, 0.3) is 0 Å². The second-order valence-corrected chi connectivity index (χ2v) is 7.62. The van der Waals surface area contributed by atoms with Crippen LogP contribution in [0.4, 0.5) is 17.5 Å². The monoisotopic (exact) mass is 353 g/mol. The number of piperazine rings is 1.